The molecule has 0 saturated heterocycles. The smallest absolute Gasteiger partial charge is 0.336 e. The Bertz CT molecular complexity index is 601. The Balaban J connectivity index is 1.96. The Labute approximate surface area is 116 Å². The lowest BCUT2D eigenvalue weighted by Crippen LogP contribution is -2.03. The van der Waals surface area contributed by atoms with Crippen molar-refractivity contribution < 1.29 is 18.7 Å². The number of hydrogen-bond donors (Lipinski definition) is 0. The summed E-state index contributed by atoms with van der Waals surface area (Å²) in [4.78, 5) is 11.6. The lowest BCUT2D eigenvalue weighted by molar-refractivity contribution is -0.128. The molecule has 0 spiro atoms. The van der Waals surface area contributed by atoms with Crippen molar-refractivity contribution in [3.63, 3.8) is 0 Å². The molecular weight excluding hydrogens is 259 g/mol. The highest BCUT2D eigenvalue weighted by Crippen LogP contribution is 2.17. The van der Waals surface area contributed by atoms with Gasteiger partial charge < -0.3 is 9.47 Å². The summed E-state index contributed by atoms with van der Waals surface area (Å²) in [6, 6.07) is 12.5. The summed E-state index contributed by atoms with van der Waals surface area (Å²) >= 11 is 0. The molecule has 0 unspecified atom stereocenters. The van der Waals surface area contributed by atoms with Crippen molar-refractivity contribution in [3.8, 4) is 11.5 Å². The topological polar surface area (TPSA) is 35.5 Å². The van der Waals surface area contributed by atoms with Gasteiger partial charge in [0, 0.05) is 6.08 Å². The highest BCUT2D eigenvalue weighted by Gasteiger charge is 2.00. The van der Waals surface area contributed by atoms with Crippen molar-refractivity contribution in [2.24, 2.45) is 0 Å². The Morgan fingerprint density at radius 2 is 1.60 bits per heavy atom. The predicted octanol–water partition coefficient (Wildman–Crippen LogP) is 3.45. The minimum Gasteiger partial charge on any atom is -0.497 e. The number of methoxy groups -OCH3 is 1. The minimum absolute atomic E-state index is 0.317. The maximum Gasteiger partial charge on any atom is 0.336 e. The number of hydrogen-bond acceptors (Lipinski definition) is 3. The summed E-state index contributed by atoms with van der Waals surface area (Å²) in [5.41, 5.74) is 0.720. The fourth-order valence-corrected chi connectivity index (χ4v) is 1.53. The van der Waals surface area contributed by atoms with E-state index < -0.39 is 5.97 Å². The van der Waals surface area contributed by atoms with Gasteiger partial charge in [-0.3, -0.25) is 0 Å². The molecule has 2 rings (SSSR count). The van der Waals surface area contributed by atoms with Gasteiger partial charge in [-0.15, -0.1) is 0 Å². The molecule has 0 bridgehead atoms. The average molecular weight is 272 g/mol. The molecule has 0 radical (unpaired) electrons. The normalized spacial score (nSPS) is 10.5. The van der Waals surface area contributed by atoms with Crippen LogP contribution in [0.1, 0.15) is 5.56 Å². The quantitative estimate of drug-likeness (QED) is 0.486. The largest absolute Gasteiger partial charge is 0.497 e. The van der Waals surface area contributed by atoms with Gasteiger partial charge in [0.25, 0.3) is 0 Å². The van der Waals surface area contributed by atoms with Crippen molar-refractivity contribution in [3.05, 3.63) is 66.0 Å². The number of rotatable bonds is 4. The first-order valence-electron chi connectivity index (χ1n) is 5.97. The molecule has 2 aromatic carbocycles. The molecule has 20 heavy (non-hydrogen) atoms. The molecule has 0 aromatic heterocycles. The van der Waals surface area contributed by atoms with Crippen molar-refractivity contribution in [1.82, 2.24) is 0 Å². The molecular formula is C16H13FO3. The molecule has 0 aliphatic rings. The van der Waals surface area contributed by atoms with Crippen molar-refractivity contribution in [2.75, 3.05) is 7.11 Å². The van der Waals surface area contributed by atoms with E-state index in [2.05, 4.69) is 0 Å². The summed E-state index contributed by atoms with van der Waals surface area (Å²) in [5, 5.41) is 0. The molecule has 102 valence electrons. The van der Waals surface area contributed by atoms with Crippen molar-refractivity contribution in [1.29, 1.82) is 0 Å². The maximum absolute atomic E-state index is 12.7. The van der Waals surface area contributed by atoms with Gasteiger partial charge in [0.15, 0.2) is 0 Å². The summed E-state index contributed by atoms with van der Waals surface area (Å²) in [6.07, 6.45) is 2.85. The maximum atomic E-state index is 12.7. The molecule has 3 nitrogen and oxygen atoms in total. The van der Waals surface area contributed by atoms with E-state index in [0.717, 1.165) is 5.56 Å². The van der Waals surface area contributed by atoms with Crippen LogP contribution in [0.2, 0.25) is 0 Å². The Hall–Kier alpha value is -2.62. The summed E-state index contributed by atoms with van der Waals surface area (Å²) in [6.45, 7) is 0. The fraction of sp³-hybridized carbons (Fsp3) is 0.0625. The van der Waals surface area contributed by atoms with Gasteiger partial charge in [-0.1, -0.05) is 12.1 Å². The molecule has 0 atom stereocenters. The van der Waals surface area contributed by atoms with Gasteiger partial charge in [0.05, 0.1) is 7.11 Å². The zero-order chi connectivity index (χ0) is 14.4. The van der Waals surface area contributed by atoms with E-state index in [4.69, 9.17) is 9.47 Å². The standard InChI is InChI=1S/C16H13FO3/c1-19-14-7-9-15(10-8-14)20-16(18)11-4-12-2-5-13(17)6-3-12/h2-11H,1H3. The monoisotopic (exact) mass is 272 g/mol. The first kappa shape index (κ1) is 13.8. The van der Waals surface area contributed by atoms with Crippen LogP contribution in [0.25, 0.3) is 6.08 Å². The van der Waals surface area contributed by atoms with Gasteiger partial charge in [0.1, 0.15) is 17.3 Å². The Kier molecular flexibility index (Phi) is 4.50. The fourth-order valence-electron chi connectivity index (χ4n) is 1.53. The second kappa shape index (κ2) is 6.52. The third-order valence-electron chi connectivity index (χ3n) is 2.56. The number of halogens is 1. The van der Waals surface area contributed by atoms with Crippen LogP contribution in [0.4, 0.5) is 4.39 Å². The summed E-state index contributed by atoms with van der Waals surface area (Å²) < 4.78 is 22.8. The van der Waals surface area contributed by atoms with Gasteiger partial charge in [-0.2, -0.15) is 0 Å². The first-order valence-corrected chi connectivity index (χ1v) is 5.97. The molecule has 0 aliphatic carbocycles. The first-order chi connectivity index (χ1) is 9.67. The van der Waals surface area contributed by atoms with Crippen LogP contribution in [0.5, 0.6) is 11.5 Å². The molecule has 0 aliphatic heterocycles. The number of carbonyl (C=O) groups is 1. The van der Waals surface area contributed by atoms with E-state index >= 15 is 0 Å². The molecule has 0 amide bonds. The van der Waals surface area contributed by atoms with E-state index in [9.17, 15) is 9.18 Å². The van der Waals surface area contributed by atoms with Crippen LogP contribution in [-0.4, -0.2) is 13.1 Å². The highest BCUT2D eigenvalue weighted by molar-refractivity contribution is 5.88. The second-order valence-electron chi connectivity index (χ2n) is 3.98. The minimum atomic E-state index is -0.500. The molecule has 0 heterocycles. The Morgan fingerprint density at radius 1 is 1.00 bits per heavy atom. The number of ether oxygens (including phenoxy) is 2. The molecule has 4 heteroatoms. The zero-order valence-corrected chi connectivity index (χ0v) is 10.9. The van der Waals surface area contributed by atoms with Crippen molar-refractivity contribution >= 4 is 12.0 Å². The SMILES string of the molecule is COc1ccc(OC(=O)C=Cc2ccc(F)cc2)cc1. The van der Waals surface area contributed by atoms with Crippen LogP contribution in [-0.2, 0) is 4.79 Å². The lowest BCUT2D eigenvalue weighted by Gasteiger charge is -2.02. The van der Waals surface area contributed by atoms with E-state index in [0.29, 0.717) is 11.5 Å². The third kappa shape index (κ3) is 3.95. The molecule has 0 saturated carbocycles. The van der Waals surface area contributed by atoms with Gasteiger partial charge in [-0.05, 0) is 48.0 Å². The van der Waals surface area contributed by atoms with Gasteiger partial charge in [-0.25, -0.2) is 9.18 Å². The summed E-state index contributed by atoms with van der Waals surface area (Å²) in [5.74, 6) is 0.300. The predicted molar refractivity (Wildman–Crippen MR) is 74.1 cm³/mol. The number of esters is 1. The van der Waals surface area contributed by atoms with E-state index in [1.807, 2.05) is 0 Å². The van der Waals surface area contributed by atoms with Crippen molar-refractivity contribution in [2.45, 2.75) is 0 Å². The lowest BCUT2D eigenvalue weighted by atomic mass is 10.2. The average Bonchev–Trinajstić information content (AvgIpc) is 2.47. The van der Waals surface area contributed by atoms with E-state index in [1.165, 1.54) is 18.2 Å². The van der Waals surface area contributed by atoms with Crippen LogP contribution in [0.3, 0.4) is 0 Å². The molecule has 2 aromatic rings. The van der Waals surface area contributed by atoms with Crippen LogP contribution < -0.4 is 9.47 Å². The number of benzene rings is 2. The molecule has 0 N–H and O–H groups in total. The Morgan fingerprint density at radius 3 is 2.20 bits per heavy atom. The van der Waals surface area contributed by atoms with E-state index in [-0.39, 0.29) is 5.82 Å². The second-order valence-corrected chi connectivity index (χ2v) is 3.98. The van der Waals surface area contributed by atoms with Gasteiger partial charge in [0.2, 0.25) is 0 Å². The van der Waals surface area contributed by atoms with Gasteiger partial charge >= 0.3 is 5.97 Å². The van der Waals surface area contributed by atoms with Crippen LogP contribution in [0.15, 0.2) is 54.6 Å². The highest BCUT2D eigenvalue weighted by atomic mass is 19.1. The summed E-state index contributed by atoms with van der Waals surface area (Å²) in [7, 11) is 1.56. The third-order valence-corrected chi connectivity index (χ3v) is 2.56. The van der Waals surface area contributed by atoms with Crippen LogP contribution in [0, 0.1) is 5.82 Å². The number of carbonyl (C=O) groups excluding carboxylic acids is 1. The molecule has 0 fully saturated rings. The zero-order valence-electron chi connectivity index (χ0n) is 10.9. The van der Waals surface area contributed by atoms with E-state index in [1.54, 1.807) is 49.6 Å². The van der Waals surface area contributed by atoms with Crippen LogP contribution >= 0.6 is 0 Å².